The maximum absolute atomic E-state index is 6.16. The maximum atomic E-state index is 6.16. The molecule has 0 spiro atoms. The van der Waals surface area contributed by atoms with Gasteiger partial charge in [-0.05, 0) is 55.5 Å². The molecule has 1 aromatic heterocycles. The van der Waals surface area contributed by atoms with E-state index in [9.17, 15) is 0 Å². The fraction of sp³-hybridized carbons (Fsp3) is 0.111. The third-order valence-corrected chi connectivity index (χ3v) is 3.82. The lowest BCUT2D eigenvalue weighted by Gasteiger charge is -2.10. The first-order valence-electron chi connectivity index (χ1n) is 7.69. The summed E-state index contributed by atoms with van der Waals surface area (Å²) in [6, 6.07) is 14.6. The van der Waals surface area contributed by atoms with E-state index in [1.165, 1.54) is 0 Å². The van der Waals surface area contributed by atoms with E-state index < -0.39 is 0 Å². The summed E-state index contributed by atoms with van der Waals surface area (Å²) in [5.41, 5.74) is 1.59. The molecule has 0 aliphatic rings. The Morgan fingerprint density at radius 1 is 1.00 bits per heavy atom. The van der Waals surface area contributed by atoms with Crippen LogP contribution in [-0.4, -0.2) is 16.6 Å². The summed E-state index contributed by atoms with van der Waals surface area (Å²) in [5, 5.41) is 7.37. The van der Waals surface area contributed by atoms with E-state index in [1.807, 2.05) is 31.2 Å². The Morgan fingerprint density at radius 2 is 1.80 bits per heavy atom. The molecule has 0 aliphatic heterocycles. The normalized spacial score (nSPS) is 10.4. The van der Waals surface area contributed by atoms with E-state index in [-0.39, 0.29) is 0 Å². The smallest absolute Gasteiger partial charge is 0.229 e. The van der Waals surface area contributed by atoms with Crippen LogP contribution in [0.3, 0.4) is 0 Å². The predicted molar refractivity (Wildman–Crippen MR) is 103 cm³/mol. The number of halogens is 2. The average molecular weight is 375 g/mol. The Balaban J connectivity index is 1.72. The van der Waals surface area contributed by atoms with E-state index in [0.29, 0.717) is 34.1 Å². The number of hydrogen-bond donors (Lipinski definition) is 2. The molecule has 0 fully saturated rings. The van der Waals surface area contributed by atoms with Gasteiger partial charge in [-0.15, -0.1) is 0 Å². The Kier molecular flexibility index (Phi) is 5.58. The molecule has 0 unspecified atom stereocenters. The van der Waals surface area contributed by atoms with Crippen LogP contribution >= 0.6 is 23.2 Å². The SMILES string of the molecule is CCOc1ccc(Nc2ccnc(Nc3ccc(Cl)cc3Cl)n2)cc1. The van der Waals surface area contributed by atoms with E-state index in [4.69, 9.17) is 27.9 Å². The number of aromatic nitrogens is 2. The highest BCUT2D eigenvalue weighted by atomic mass is 35.5. The largest absolute Gasteiger partial charge is 0.494 e. The van der Waals surface area contributed by atoms with Gasteiger partial charge in [0, 0.05) is 16.9 Å². The van der Waals surface area contributed by atoms with Crippen molar-refractivity contribution in [1.29, 1.82) is 0 Å². The van der Waals surface area contributed by atoms with Crippen LogP contribution in [0.25, 0.3) is 0 Å². The molecule has 0 saturated carbocycles. The second-order valence-corrected chi connectivity index (χ2v) is 5.94. The molecule has 128 valence electrons. The second-order valence-electron chi connectivity index (χ2n) is 5.10. The lowest BCUT2D eigenvalue weighted by atomic mass is 10.3. The first kappa shape index (κ1) is 17.3. The molecule has 0 bridgehead atoms. The number of rotatable bonds is 6. The maximum Gasteiger partial charge on any atom is 0.229 e. The van der Waals surface area contributed by atoms with Crippen molar-refractivity contribution in [3.8, 4) is 5.75 Å². The lowest BCUT2D eigenvalue weighted by Crippen LogP contribution is -2.00. The zero-order valence-electron chi connectivity index (χ0n) is 13.5. The molecule has 0 amide bonds. The van der Waals surface area contributed by atoms with Crippen LogP contribution in [0.1, 0.15) is 6.92 Å². The Bertz CT molecular complexity index is 856. The van der Waals surface area contributed by atoms with Crippen LogP contribution in [0.15, 0.2) is 54.7 Å². The molecule has 25 heavy (non-hydrogen) atoms. The summed E-state index contributed by atoms with van der Waals surface area (Å²) in [6.45, 7) is 2.59. The molecule has 0 saturated heterocycles. The van der Waals surface area contributed by atoms with Gasteiger partial charge in [0.15, 0.2) is 0 Å². The first-order valence-corrected chi connectivity index (χ1v) is 8.44. The summed E-state index contributed by atoms with van der Waals surface area (Å²) >= 11 is 12.1. The van der Waals surface area contributed by atoms with Gasteiger partial charge in [0.25, 0.3) is 0 Å². The van der Waals surface area contributed by atoms with Gasteiger partial charge in [-0.2, -0.15) is 4.98 Å². The van der Waals surface area contributed by atoms with Crippen molar-refractivity contribution < 1.29 is 4.74 Å². The van der Waals surface area contributed by atoms with Crippen molar-refractivity contribution in [3.63, 3.8) is 0 Å². The van der Waals surface area contributed by atoms with Gasteiger partial charge in [0.2, 0.25) is 5.95 Å². The van der Waals surface area contributed by atoms with Crippen molar-refractivity contribution in [1.82, 2.24) is 9.97 Å². The average Bonchev–Trinajstić information content (AvgIpc) is 2.60. The van der Waals surface area contributed by atoms with Crippen LogP contribution in [0.5, 0.6) is 5.75 Å². The van der Waals surface area contributed by atoms with Crippen LogP contribution in [0.4, 0.5) is 23.1 Å². The second kappa shape index (κ2) is 8.05. The van der Waals surface area contributed by atoms with Crippen LogP contribution in [-0.2, 0) is 0 Å². The monoisotopic (exact) mass is 374 g/mol. The van der Waals surface area contributed by atoms with Crippen molar-refractivity contribution in [2.45, 2.75) is 6.92 Å². The van der Waals surface area contributed by atoms with Crippen molar-refractivity contribution in [3.05, 3.63) is 64.8 Å². The van der Waals surface area contributed by atoms with Gasteiger partial charge < -0.3 is 15.4 Å². The van der Waals surface area contributed by atoms with Crippen LogP contribution < -0.4 is 15.4 Å². The summed E-state index contributed by atoms with van der Waals surface area (Å²) in [7, 11) is 0. The summed E-state index contributed by atoms with van der Waals surface area (Å²) in [5.74, 6) is 1.92. The Hall–Kier alpha value is -2.50. The predicted octanol–water partition coefficient (Wildman–Crippen LogP) is 5.67. The number of nitrogens with zero attached hydrogens (tertiary/aromatic N) is 2. The molecular weight excluding hydrogens is 359 g/mol. The third kappa shape index (κ3) is 4.75. The highest BCUT2D eigenvalue weighted by Crippen LogP contribution is 2.27. The quantitative estimate of drug-likeness (QED) is 0.581. The van der Waals surface area contributed by atoms with Crippen molar-refractivity contribution in [2.24, 2.45) is 0 Å². The van der Waals surface area contributed by atoms with Crippen molar-refractivity contribution in [2.75, 3.05) is 17.2 Å². The first-order chi connectivity index (χ1) is 12.1. The summed E-state index contributed by atoms with van der Waals surface area (Å²) in [6.07, 6.45) is 1.66. The highest BCUT2D eigenvalue weighted by molar-refractivity contribution is 6.36. The molecule has 0 radical (unpaired) electrons. The molecular formula is C18H16Cl2N4O. The van der Waals surface area contributed by atoms with Gasteiger partial charge in [-0.1, -0.05) is 23.2 Å². The van der Waals surface area contributed by atoms with Gasteiger partial charge in [-0.25, -0.2) is 4.98 Å². The van der Waals surface area contributed by atoms with Gasteiger partial charge in [0.1, 0.15) is 11.6 Å². The fourth-order valence-corrected chi connectivity index (χ4v) is 2.60. The summed E-state index contributed by atoms with van der Waals surface area (Å²) in [4.78, 5) is 8.63. The number of ether oxygens (including phenoxy) is 1. The minimum Gasteiger partial charge on any atom is -0.494 e. The number of hydrogen-bond acceptors (Lipinski definition) is 5. The van der Waals surface area contributed by atoms with Gasteiger partial charge in [-0.3, -0.25) is 0 Å². The minimum atomic E-state index is 0.431. The Labute approximate surface area is 156 Å². The lowest BCUT2D eigenvalue weighted by molar-refractivity contribution is 0.340. The Morgan fingerprint density at radius 3 is 2.52 bits per heavy atom. The van der Waals surface area contributed by atoms with E-state index >= 15 is 0 Å². The minimum absolute atomic E-state index is 0.431. The van der Waals surface area contributed by atoms with Crippen molar-refractivity contribution >= 4 is 46.3 Å². The molecule has 0 aliphatic carbocycles. The third-order valence-electron chi connectivity index (χ3n) is 3.27. The van der Waals surface area contributed by atoms with E-state index in [0.717, 1.165) is 11.4 Å². The molecule has 0 atom stereocenters. The molecule has 3 aromatic rings. The highest BCUT2D eigenvalue weighted by Gasteiger charge is 2.05. The molecule has 7 heteroatoms. The zero-order valence-corrected chi connectivity index (χ0v) is 15.0. The number of anilines is 4. The molecule has 2 N–H and O–H groups in total. The van der Waals surface area contributed by atoms with Crippen LogP contribution in [0.2, 0.25) is 10.0 Å². The molecule has 3 rings (SSSR count). The summed E-state index contributed by atoms with van der Waals surface area (Å²) < 4.78 is 5.43. The number of nitrogens with one attached hydrogen (secondary N) is 2. The standard InChI is InChI=1S/C18H16Cl2N4O/c1-2-25-14-6-4-13(5-7-14)22-17-9-10-21-18(24-17)23-16-8-3-12(19)11-15(16)20/h3-11H,2H2,1H3,(H2,21,22,23,24). The van der Waals surface area contributed by atoms with E-state index in [1.54, 1.807) is 30.5 Å². The van der Waals surface area contributed by atoms with E-state index in [2.05, 4.69) is 20.6 Å². The van der Waals surface area contributed by atoms with Gasteiger partial charge in [0.05, 0.1) is 17.3 Å². The zero-order chi connectivity index (χ0) is 17.6. The molecule has 2 aromatic carbocycles. The molecule has 1 heterocycles. The van der Waals surface area contributed by atoms with Gasteiger partial charge >= 0.3 is 0 Å². The topological polar surface area (TPSA) is 59.1 Å². The molecule has 5 nitrogen and oxygen atoms in total. The van der Waals surface area contributed by atoms with Crippen LogP contribution in [0, 0.1) is 0 Å². The number of benzene rings is 2. The fourth-order valence-electron chi connectivity index (χ4n) is 2.15.